The number of aromatic nitrogens is 2. The number of pyridine rings is 1. The minimum atomic E-state index is -0.100. The van der Waals surface area contributed by atoms with E-state index in [0.29, 0.717) is 17.7 Å². The summed E-state index contributed by atoms with van der Waals surface area (Å²) in [4.78, 5) is 14.7. The fraction of sp³-hybridized carbons (Fsp3) is 0.143. The molecule has 5 nitrogen and oxygen atoms in total. The van der Waals surface area contributed by atoms with Crippen molar-refractivity contribution in [3.63, 3.8) is 0 Å². The van der Waals surface area contributed by atoms with E-state index in [0.717, 1.165) is 16.8 Å². The highest BCUT2D eigenvalue weighted by Gasteiger charge is 2.03. The van der Waals surface area contributed by atoms with E-state index in [-0.39, 0.29) is 5.56 Å². The first kappa shape index (κ1) is 11.5. The summed E-state index contributed by atoms with van der Waals surface area (Å²) in [5.74, 6) is 1.44. The molecule has 0 aliphatic heterocycles. The van der Waals surface area contributed by atoms with Gasteiger partial charge in [-0.2, -0.15) is 0 Å². The van der Waals surface area contributed by atoms with Crippen molar-refractivity contribution < 1.29 is 4.52 Å². The van der Waals surface area contributed by atoms with E-state index in [1.54, 1.807) is 6.07 Å². The summed E-state index contributed by atoms with van der Waals surface area (Å²) >= 11 is 0. The van der Waals surface area contributed by atoms with Crippen LogP contribution in [0, 0.1) is 6.92 Å². The molecule has 19 heavy (non-hydrogen) atoms. The van der Waals surface area contributed by atoms with Gasteiger partial charge in [-0.05, 0) is 24.4 Å². The van der Waals surface area contributed by atoms with E-state index in [1.165, 1.54) is 0 Å². The van der Waals surface area contributed by atoms with Gasteiger partial charge in [0.25, 0.3) is 5.56 Å². The van der Waals surface area contributed by atoms with Crippen LogP contribution in [0.4, 0.5) is 5.82 Å². The summed E-state index contributed by atoms with van der Waals surface area (Å²) in [5.41, 5.74) is 0.698. The predicted molar refractivity (Wildman–Crippen MR) is 73.1 cm³/mol. The van der Waals surface area contributed by atoms with Crippen LogP contribution >= 0.6 is 0 Å². The Morgan fingerprint density at radius 1 is 1.32 bits per heavy atom. The van der Waals surface area contributed by atoms with Crippen molar-refractivity contribution in [2.75, 3.05) is 5.32 Å². The number of nitrogens with one attached hydrogen (secondary N) is 2. The van der Waals surface area contributed by atoms with Gasteiger partial charge < -0.3 is 14.8 Å². The van der Waals surface area contributed by atoms with E-state index >= 15 is 0 Å². The Labute approximate surface area is 109 Å². The lowest BCUT2D eigenvalue weighted by Crippen LogP contribution is -2.10. The number of rotatable bonds is 3. The fourth-order valence-corrected chi connectivity index (χ4v) is 1.99. The third-order valence-corrected chi connectivity index (χ3v) is 2.89. The summed E-state index contributed by atoms with van der Waals surface area (Å²) in [6, 6.07) is 11.2. The van der Waals surface area contributed by atoms with Crippen LogP contribution < -0.4 is 10.9 Å². The number of aromatic amines is 1. The van der Waals surface area contributed by atoms with Gasteiger partial charge in [-0.3, -0.25) is 4.79 Å². The van der Waals surface area contributed by atoms with Crippen LogP contribution in [0.3, 0.4) is 0 Å². The zero-order valence-corrected chi connectivity index (χ0v) is 10.4. The molecule has 0 spiro atoms. The topological polar surface area (TPSA) is 70.9 Å². The molecule has 1 aromatic carbocycles. The van der Waals surface area contributed by atoms with Gasteiger partial charge in [0.2, 0.25) is 0 Å². The van der Waals surface area contributed by atoms with Crippen molar-refractivity contribution in [1.29, 1.82) is 0 Å². The number of H-pyrrole nitrogens is 1. The van der Waals surface area contributed by atoms with Crippen molar-refractivity contribution in [2.24, 2.45) is 0 Å². The minimum Gasteiger partial charge on any atom is -0.366 e. The molecule has 0 unspecified atom stereocenters. The molecule has 0 bridgehead atoms. The van der Waals surface area contributed by atoms with Gasteiger partial charge in [0.05, 0.1) is 6.54 Å². The van der Waals surface area contributed by atoms with E-state index in [4.69, 9.17) is 4.52 Å². The monoisotopic (exact) mass is 255 g/mol. The maximum atomic E-state index is 11.9. The Kier molecular flexibility index (Phi) is 2.79. The first-order valence-electron chi connectivity index (χ1n) is 6.00. The average Bonchev–Trinajstić information content (AvgIpc) is 2.82. The van der Waals surface area contributed by atoms with Crippen molar-refractivity contribution in [1.82, 2.24) is 10.1 Å². The summed E-state index contributed by atoms with van der Waals surface area (Å²) in [7, 11) is 0. The molecule has 0 amide bonds. The Morgan fingerprint density at radius 2 is 2.16 bits per heavy atom. The normalized spacial score (nSPS) is 10.8. The molecule has 0 saturated carbocycles. The first-order valence-corrected chi connectivity index (χ1v) is 6.00. The van der Waals surface area contributed by atoms with Crippen LogP contribution in [0.2, 0.25) is 0 Å². The molecule has 5 heteroatoms. The van der Waals surface area contributed by atoms with Crippen molar-refractivity contribution in [3.05, 3.63) is 58.2 Å². The molecule has 0 radical (unpaired) electrons. The van der Waals surface area contributed by atoms with Gasteiger partial charge in [0, 0.05) is 11.5 Å². The lowest BCUT2D eigenvalue weighted by Gasteiger charge is -2.05. The number of benzene rings is 1. The maximum absolute atomic E-state index is 11.9. The van der Waals surface area contributed by atoms with Gasteiger partial charge in [0.1, 0.15) is 17.3 Å². The molecular weight excluding hydrogens is 242 g/mol. The van der Waals surface area contributed by atoms with Crippen molar-refractivity contribution >= 4 is 16.6 Å². The van der Waals surface area contributed by atoms with Crippen LogP contribution in [-0.2, 0) is 6.54 Å². The number of hydrogen-bond donors (Lipinski definition) is 2. The summed E-state index contributed by atoms with van der Waals surface area (Å²) in [6.45, 7) is 2.35. The largest absolute Gasteiger partial charge is 0.366 e. The average molecular weight is 255 g/mol. The molecule has 0 saturated heterocycles. The Hall–Kier alpha value is -2.56. The highest BCUT2D eigenvalue weighted by atomic mass is 16.5. The second-order valence-corrected chi connectivity index (χ2v) is 4.38. The third kappa shape index (κ3) is 2.35. The number of nitrogens with zero attached hydrogens (tertiary/aromatic N) is 1. The Morgan fingerprint density at radius 3 is 2.95 bits per heavy atom. The van der Waals surface area contributed by atoms with Gasteiger partial charge in [0.15, 0.2) is 0 Å². The predicted octanol–water partition coefficient (Wildman–Crippen LogP) is 2.44. The first-order chi connectivity index (χ1) is 9.22. The molecule has 2 N–H and O–H groups in total. The quantitative estimate of drug-likeness (QED) is 0.754. The lowest BCUT2D eigenvalue weighted by molar-refractivity contribution is 0.391. The highest BCUT2D eigenvalue weighted by Crippen LogP contribution is 2.13. The van der Waals surface area contributed by atoms with E-state index in [2.05, 4.69) is 15.5 Å². The van der Waals surface area contributed by atoms with Crippen molar-refractivity contribution in [3.8, 4) is 0 Å². The SMILES string of the molecule is Cc1cc(CNc2cc3ccccc3c(=O)[nH]2)no1. The highest BCUT2D eigenvalue weighted by molar-refractivity contribution is 5.83. The molecular formula is C14H13N3O2. The van der Waals surface area contributed by atoms with Gasteiger partial charge in [-0.15, -0.1) is 0 Å². The van der Waals surface area contributed by atoms with Crippen LogP contribution in [0.1, 0.15) is 11.5 Å². The second kappa shape index (κ2) is 4.61. The van der Waals surface area contributed by atoms with Gasteiger partial charge in [-0.1, -0.05) is 23.4 Å². The molecule has 0 fully saturated rings. The van der Waals surface area contributed by atoms with Crippen LogP contribution in [-0.4, -0.2) is 10.1 Å². The van der Waals surface area contributed by atoms with E-state index in [1.807, 2.05) is 37.3 Å². The summed E-state index contributed by atoms with van der Waals surface area (Å²) in [5, 5.41) is 8.61. The maximum Gasteiger partial charge on any atom is 0.257 e. The molecule has 0 aliphatic carbocycles. The smallest absolute Gasteiger partial charge is 0.257 e. The number of hydrogen-bond acceptors (Lipinski definition) is 4. The van der Waals surface area contributed by atoms with Crippen LogP contribution in [0.5, 0.6) is 0 Å². The Balaban J connectivity index is 1.87. The third-order valence-electron chi connectivity index (χ3n) is 2.89. The summed E-state index contributed by atoms with van der Waals surface area (Å²) in [6.07, 6.45) is 0. The molecule has 0 aliphatic rings. The Bertz CT molecular complexity index is 773. The van der Waals surface area contributed by atoms with E-state index < -0.39 is 0 Å². The molecule has 2 aromatic heterocycles. The number of aryl methyl sites for hydroxylation is 1. The molecule has 96 valence electrons. The zero-order valence-electron chi connectivity index (χ0n) is 10.4. The molecule has 3 rings (SSSR count). The lowest BCUT2D eigenvalue weighted by atomic mass is 10.2. The molecule has 3 aromatic rings. The van der Waals surface area contributed by atoms with Crippen LogP contribution in [0.25, 0.3) is 10.8 Å². The van der Waals surface area contributed by atoms with Crippen LogP contribution in [0.15, 0.2) is 45.7 Å². The van der Waals surface area contributed by atoms with E-state index in [9.17, 15) is 4.79 Å². The number of anilines is 1. The molecule has 0 atom stereocenters. The number of fused-ring (bicyclic) bond motifs is 1. The second-order valence-electron chi connectivity index (χ2n) is 4.38. The molecule has 2 heterocycles. The fourth-order valence-electron chi connectivity index (χ4n) is 1.99. The minimum absolute atomic E-state index is 0.100. The van der Waals surface area contributed by atoms with Gasteiger partial charge >= 0.3 is 0 Å². The summed E-state index contributed by atoms with van der Waals surface area (Å²) < 4.78 is 4.98. The van der Waals surface area contributed by atoms with Gasteiger partial charge in [-0.25, -0.2) is 0 Å². The zero-order chi connectivity index (χ0) is 13.2. The standard InChI is InChI=1S/C14H13N3O2/c1-9-6-11(17-19-9)8-15-13-7-10-4-2-3-5-12(10)14(18)16-13/h2-7H,8H2,1H3,(H2,15,16,18). The van der Waals surface area contributed by atoms with Crippen molar-refractivity contribution in [2.45, 2.75) is 13.5 Å².